The molecule has 154 valence electrons. The minimum absolute atomic E-state index is 0.115. The van der Waals surface area contributed by atoms with E-state index in [-0.39, 0.29) is 11.4 Å². The van der Waals surface area contributed by atoms with Crippen LogP contribution in [0.2, 0.25) is 0 Å². The van der Waals surface area contributed by atoms with Crippen LogP contribution in [0.25, 0.3) is 0 Å². The minimum Gasteiger partial charge on any atom is -0.324 e. The molecule has 2 amide bonds. The van der Waals surface area contributed by atoms with Crippen molar-refractivity contribution in [1.29, 1.82) is 0 Å². The normalized spacial score (nSPS) is 18.0. The topological polar surface area (TPSA) is 95.7 Å². The first kappa shape index (κ1) is 19.7. The quantitative estimate of drug-likeness (QED) is 0.808. The largest absolute Gasteiger partial charge is 0.324 e. The van der Waals surface area contributed by atoms with Gasteiger partial charge in [-0.2, -0.15) is 8.42 Å². The maximum absolute atomic E-state index is 12.8. The number of nitrogens with one attached hydrogen (secondary N) is 1. The van der Waals surface area contributed by atoms with Gasteiger partial charge in [-0.1, -0.05) is 43.3 Å². The van der Waals surface area contributed by atoms with Crippen LogP contribution in [0.1, 0.15) is 30.9 Å². The summed E-state index contributed by atoms with van der Waals surface area (Å²) >= 11 is 0. The average Bonchev–Trinajstić information content (AvgIpc) is 3.04. The number of amides is 2. The maximum atomic E-state index is 12.8. The number of urea groups is 1. The fraction of sp³-hybridized carbons (Fsp3) is 0.381. The van der Waals surface area contributed by atoms with Gasteiger partial charge in [0.2, 0.25) is 0 Å². The molecule has 0 aliphatic carbocycles. The summed E-state index contributed by atoms with van der Waals surface area (Å²) in [4.78, 5) is 14.6. The van der Waals surface area contributed by atoms with Gasteiger partial charge in [0.15, 0.2) is 0 Å². The first-order valence-electron chi connectivity index (χ1n) is 9.88. The van der Waals surface area contributed by atoms with E-state index in [0.29, 0.717) is 38.2 Å². The van der Waals surface area contributed by atoms with E-state index in [1.54, 1.807) is 11.0 Å². The number of aryl methyl sites for hydroxylation is 1. The van der Waals surface area contributed by atoms with Crippen LogP contribution in [0, 0.1) is 0 Å². The SMILES string of the molecule is CCc1ccccc1NC(=O)N1CCC2(CC1)CN(S(N)(=O)=O)c1ccccc12. The second-order valence-corrected chi connectivity index (χ2v) is 9.25. The van der Waals surface area contributed by atoms with Gasteiger partial charge in [0.1, 0.15) is 0 Å². The van der Waals surface area contributed by atoms with Gasteiger partial charge in [0, 0.05) is 30.7 Å². The molecule has 2 aliphatic rings. The van der Waals surface area contributed by atoms with Crippen LogP contribution in [0.4, 0.5) is 16.2 Å². The number of carbonyl (C=O) groups is 1. The molecule has 0 aromatic heterocycles. The van der Waals surface area contributed by atoms with Gasteiger partial charge in [0.25, 0.3) is 10.2 Å². The Morgan fingerprint density at radius 2 is 1.76 bits per heavy atom. The molecule has 3 N–H and O–H groups in total. The Morgan fingerprint density at radius 3 is 2.45 bits per heavy atom. The van der Waals surface area contributed by atoms with E-state index >= 15 is 0 Å². The maximum Gasteiger partial charge on any atom is 0.321 e. The van der Waals surface area contributed by atoms with Gasteiger partial charge < -0.3 is 10.2 Å². The van der Waals surface area contributed by atoms with Crippen molar-refractivity contribution in [2.75, 3.05) is 29.3 Å². The summed E-state index contributed by atoms with van der Waals surface area (Å²) in [6, 6.07) is 15.2. The third kappa shape index (κ3) is 3.58. The van der Waals surface area contributed by atoms with Crippen molar-refractivity contribution >= 4 is 27.6 Å². The third-order valence-corrected chi connectivity index (χ3v) is 7.09. The zero-order valence-corrected chi connectivity index (χ0v) is 17.3. The molecular formula is C21H26N4O3S. The second-order valence-electron chi connectivity index (χ2n) is 7.78. The standard InChI is InChI=1S/C21H26N4O3S/c1-2-16-7-3-5-9-18(16)23-20(26)24-13-11-21(12-14-24)15-25(29(22,27)28)19-10-6-4-8-17(19)21/h3-10H,2,11-15H2,1H3,(H,23,26)(H2,22,27,28). The summed E-state index contributed by atoms with van der Waals surface area (Å²) in [5.74, 6) is 0. The molecule has 2 aliphatic heterocycles. The lowest BCUT2D eigenvalue weighted by Gasteiger charge is -2.39. The fourth-order valence-corrected chi connectivity index (χ4v) is 5.38. The molecule has 1 saturated heterocycles. The van der Waals surface area contributed by atoms with Gasteiger partial charge in [-0.15, -0.1) is 0 Å². The molecule has 2 aromatic rings. The van der Waals surface area contributed by atoms with Crippen molar-refractivity contribution in [3.05, 3.63) is 59.7 Å². The van der Waals surface area contributed by atoms with Crippen molar-refractivity contribution < 1.29 is 13.2 Å². The van der Waals surface area contributed by atoms with Gasteiger partial charge in [-0.25, -0.2) is 9.93 Å². The Labute approximate surface area is 171 Å². The molecule has 0 radical (unpaired) electrons. The van der Waals surface area contributed by atoms with Gasteiger partial charge in [0.05, 0.1) is 5.69 Å². The van der Waals surface area contributed by atoms with Crippen LogP contribution >= 0.6 is 0 Å². The van der Waals surface area contributed by atoms with Crippen LogP contribution in [-0.2, 0) is 22.0 Å². The Kier molecular flexibility index (Phi) is 5.00. The summed E-state index contributed by atoms with van der Waals surface area (Å²) in [5.41, 5.74) is 3.30. The first-order valence-corrected chi connectivity index (χ1v) is 11.4. The lowest BCUT2D eigenvalue weighted by atomic mass is 9.74. The van der Waals surface area contributed by atoms with E-state index in [2.05, 4.69) is 12.2 Å². The molecule has 1 spiro atoms. The predicted octanol–water partition coefficient (Wildman–Crippen LogP) is 2.84. The lowest BCUT2D eigenvalue weighted by molar-refractivity contribution is 0.173. The summed E-state index contributed by atoms with van der Waals surface area (Å²) in [7, 11) is -3.83. The van der Waals surface area contributed by atoms with Crippen LogP contribution in [-0.4, -0.2) is 39.0 Å². The monoisotopic (exact) mass is 414 g/mol. The molecule has 0 unspecified atom stereocenters. The molecule has 29 heavy (non-hydrogen) atoms. The van der Waals surface area contributed by atoms with Crippen LogP contribution < -0.4 is 14.8 Å². The molecular weight excluding hydrogens is 388 g/mol. The summed E-state index contributed by atoms with van der Waals surface area (Å²) < 4.78 is 25.5. The van der Waals surface area contributed by atoms with E-state index in [0.717, 1.165) is 23.2 Å². The van der Waals surface area contributed by atoms with Crippen molar-refractivity contribution in [2.24, 2.45) is 5.14 Å². The molecule has 0 bridgehead atoms. The fourth-order valence-electron chi connectivity index (χ4n) is 4.52. The van der Waals surface area contributed by atoms with Crippen LogP contribution in [0.3, 0.4) is 0 Å². The van der Waals surface area contributed by atoms with E-state index < -0.39 is 10.2 Å². The Morgan fingerprint density at radius 1 is 1.10 bits per heavy atom. The van der Waals surface area contributed by atoms with Gasteiger partial charge in [-0.05, 0) is 42.5 Å². The Hall–Kier alpha value is -2.58. The second kappa shape index (κ2) is 7.35. The number of rotatable bonds is 3. The van der Waals surface area contributed by atoms with Gasteiger partial charge in [-0.3, -0.25) is 4.31 Å². The van der Waals surface area contributed by atoms with Crippen molar-refractivity contribution in [3.63, 3.8) is 0 Å². The number of anilines is 2. The summed E-state index contributed by atoms with van der Waals surface area (Å²) in [5, 5.41) is 8.48. The highest BCUT2D eigenvalue weighted by Crippen LogP contribution is 2.47. The number of carbonyl (C=O) groups excluding carboxylic acids is 1. The highest BCUT2D eigenvalue weighted by molar-refractivity contribution is 7.90. The van der Waals surface area contributed by atoms with E-state index in [4.69, 9.17) is 5.14 Å². The molecule has 7 nitrogen and oxygen atoms in total. The zero-order valence-electron chi connectivity index (χ0n) is 16.5. The van der Waals surface area contributed by atoms with Crippen LogP contribution in [0.15, 0.2) is 48.5 Å². The number of hydrogen-bond donors (Lipinski definition) is 2. The Balaban J connectivity index is 1.50. The van der Waals surface area contributed by atoms with Crippen LogP contribution in [0.5, 0.6) is 0 Å². The van der Waals surface area contributed by atoms with E-state index in [9.17, 15) is 13.2 Å². The van der Waals surface area contributed by atoms with Gasteiger partial charge >= 0.3 is 6.03 Å². The van der Waals surface area contributed by atoms with Crippen molar-refractivity contribution in [2.45, 2.75) is 31.6 Å². The number of benzene rings is 2. The highest BCUT2D eigenvalue weighted by atomic mass is 32.2. The number of piperidine rings is 1. The number of para-hydroxylation sites is 2. The van der Waals surface area contributed by atoms with E-state index in [1.807, 2.05) is 42.5 Å². The summed E-state index contributed by atoms with van der Waals surface area (Å²) in [6.07, 6.45) is 2.23. The predicted molar refractivity (Wildman–Crippen MR) is 114 cm³/mol. The number of hydrogen-bond acceptors (Lipinski definition) is 3. The molecule has 2 heterocycles. The first-order chi connectivity index (χ1) is 13.8. The lowest BCUT2D eigenvalue weighted by Crippen LogP contribution is -2.49. The van der Waals surface area contributed by atoms with E-state index in [1.165, 1.54) is 4.31 Å². The van der Waals surface area contributed by atoms with Crippen molar-refractivity contribution in [1.82, 2.24) is 4.90 Å². The Bertz CT molecular complexity index is 1030. The third-order valence-electron chi connectivity index (χ3n) is 6.15. The molecule has 2 aromatic carbocycles. The molecule has 4 rings (SSSR count). The number of fused-ring (bicyclic) bond motifs is 2. The molecule has 1 fully saturated rings. The number of nitrogens with two attached hydrogens (primary N) is 1. The molecule has 0 atom stereocenters. The number of nitrogens with zero attached hydrogens (tertiary/aromatic N) is 2. The average molecular weight is 415 g/mol. The highest BCUT2D eigenvalue weighted by Gasteiger charge is 2.47. The summed E-state index contributed by atoms with van der Waals surface area (Å²) in [6.45, 7) is 3.52. The molecule has 8 heteroatoms. The van der Waals surface area contributed by atoms with Crippen molar-refractivity contribution in [3.8, 4) is 0 Å². The molecule has 0 saturated carbocycles. The minimum atomic E-state index is -3.83. The number of likely N-dealkylation sites (tertiary alicyclic amines) is 1. The smallest absolute Gasteiger partial charge is 0.321 e. The zero-order chi connectivity index (χ0) is 20.6.